The van der Waals surface area contributed by atoms with Gasteiger partial charge >= 0.3 is 7.82 Å². The Morgan fingerprint density at radius 2 is 2.11 bits per heavy atom. The summed E-state index contributed by atoms with van der Waals surface area (Å²) in [6.45, 7) is 2.90. The van der Waals surface area contributed by atoms with Crippen molar-refractivity contribution in [3.05, 3.63) is 24.0 Å². The molecule has 1 aliphatic rings. The molecule has 0 spiro atoms. The predicted molar refractivity (Wildman–Crippen MR) is 70.8 cm³/mol. The van der Waals surface area contributed by atoms with E-state index in [2.05, 4.69) is 0 Å². The zero-order chi connectivity index (χ0) is 13.4. The van der Waals surface area contributed by atoms with Crippen molar-refractivity contribution in [3.63, 3.8) is 0 Å². The molecule has 0 heterocycles. The largest absolute Gasteiger partial charge is 0.526 e. The Balaban J connectivity index is 2.04. The van der Waals surface area contributed by atoms with Crippen LogP contribution >= 0.6 is 7.82 Å². The number of phosphoric acid groups is 1. The summed E-state index contributed by atoms with van der Waals surface area (Å²) >= 11 is 0. The average molecular weight is 275 g/mol. The molecule has 104 valence electrons. The zero-order valence-electron chi connectivity index (χ0n) is 10.7. The molecule has 1 aliphatic carbocycles. The lowest BCUT2D eigenvalue weighted by molar-refractivity contribution is 0.184. The number of nitrogens with two attached hydrogens (primary N) is 1. The first-order chi connectivity index (χ1) is 8.55. The van der Waals surface area contributed by atoms with Crippen molar-refractivity contribution in [2.45, 2.75) is 32.6 Å². The molecule has 5 nitrogen and oxygen atoms in total. The highest BCUT2D eigenvalue weighted by Crippen LogP contribution is 2.44. The van der Waals surface area contributed by atoms with E-state index in [1.807, 2.05) is 13.0 Å². The fourth-order valence-electron chi connectivity index (χ4n) is 1.45. The molecule has 0 bridgehead atoms. The monoisotopic (exact) mass is 275 g/mol. The minimum atomic E-state index is -3.93. The van der Waals surface area contributed by atoms with E-state index >= 15 is 0 Å². The van der Waals surface area contributed by atoms with E-state index < -0.39 is 7.82 Å². The van der Waals surface area contributed by atoms with Crippen molar-refractivity contribution >= 4 is 7.82 Å². The standard InChI is InChI=1S/C12H22NO4P/c1-11-10-12(11)6-9-17-18(14,15)16-8-5-3-2-4-7-13/h6,9-10,12H,2-5,7-8,13H2,1H3,(H,14,15)/b9-6+. The third-order valence-corrected chi connectivity index (χ3v) is 3.59. The van der Waals surface area contributed by atoms with Gasteiger partial charge in [-0.3, -0.25) is 9.42 Å². The minimum Gasteiger partial charge on any atom is -0.412 e. The highest BCUT2D eigenvalue weighted by Gasteiger charge is 2.21. The molecule has 0 saturated carbocycles. The molecule has 2 atom stereocenters. The SMILES string of the molecule is CC1=CC1/C=C/OP(=O)(O)OCCCCCCN. The average Bonchev–Trinajstić information content (AvgIpc) is 2.99. The van der Waals surface area contributed by atoms with E-state index in [-0.39, 0.29) is 12.5 Å². The van der Waals surface area contributed by atoms with E-state index in [0.29, 0.717) is 6.54 Å². The molecule has 0 aromatic rings. The Kier molecular flexibility index (Phi) is 6.65. The first-order valence-electron chi connectivity index (χ1n) is 6.26. The van der Waals surface area contributed by atoms with Crippen molar-refractivity contribution < 1.29 is 18.5 Å². The van der Waals surface area contributed by atoms with Crippen LogP contribution in [0.1, 0.15) is 32.6 Å². The lowest BCUT2D eigenvalue weighted by Gasteiger charge is -2.09. The van der Waals surface area contributed by atoms with Crippen LogP contribution in [0.3, 0.4) is 0 Å². The van der Waals surface area contributed by atoms with Crippen LogP contribution in [0, 0.1) is 5.92 Å². The molecule has 0 aromatic carbocycles. The summed E-state index contributed by atoms with van der Waals surface area (Å²) < 4.78 is 20.9. The molecule has 3 N–H and O–H groups in total. The molecule has 0 radical (unpaired) electrons. The van der Waals surface area contributed by atoms with Gasteiger partial charge in [-0.15, -0.1) is 0 Å². The van der Waals surface area contributed by atoms with Gasteiger partial charge in [-0.05, 0) is 32.4 Å². The lowest BCUT2D eigenvalue weighted by Crippen LogP contribution is -1.99. The second-order valence-corrected chi connectivity index (χ2v) is 5.78. The molecule has 2 unspecified atom stereocenters. The Hall–Kier alpha value is -0.610. The molecular weight excluding hydrogens is 253 g/mol. The third-order valence-electron chi connectivity index (χ3n) is 2.69. The number of hydrogen-bond acceptors (Lipinski definition) is 4. The fourth-order valence-corrected chi connectivity index (χ4v) is 2.09. The van der Waals surface area contributed by atoms with Crippen LogP contribution in [-0.2, 0) is 13.6 Å². The number of allylic oxidation sites excluding steroid dienone is 3. The Labute approximate surface area is 108 Å². The molecule has 0 aromatic heterocycles. The summed E-state index contributed by atoms with van der Waals surface area (Å²) in [5.41, 5.74) is 6.60. The van der Waals surface area contributed by atoms with Gasteiger partial charge < -0.3 is 10.3 Å². The van der Waals surface area contributed by atoms with Crippen molar-refractivity contribution in [1.29, 1.82) is 0 Å². The van der Waals surface area contributed by atoms with E-state index in [1.54, 1.807) is 6.08 Å². The molecule has 1 rings (SSSR count). The Bertz CT molecular complexity index is 354. The van der Waals surface area contributed by atoms with Gasteiger partial charge in [-0.25, -0.2) is 4.57 Å². The summed E-state index contributed by atoms with van der Waals surface area (Å²) in [5, 5.41) is 0. The molecular formula is C12H22NO4P. The van der Waals surface area contributed by atoms with Gasteiger partial charge in [0.1, 0.15) is 0 Å². The molecule has 18 heavy (non-hydrogen) atoms. The van der Waals surface area contributed by atoms with Gasteiger partial charge in [-0.1, -0.05) is 24.5 Å². The summed E-state index contributed by atoms with van der Waals surface area (Å²) in [6.07, 6.45) is 8.67. The van der Waals surface area contributed by atoms with E-state index in [0.717, 1.165) is 25.7 Å². The summed E-state index contributed by atoms with van der Waals surface area (Å²) in [7, 11) is -3.93. The van der Waals surface area contributed by atoms with Crippen LogP contribution in [0.25, 0.3) is 0 Å². The molecule has 0 saturated heterocycles. The van der Waals surface area contributed by atoms with Crippen molar-refractivity contribution in [2.75, 3.05) is 13.2 Å². The first-order valence-corrected chi connectivity index (χ1v) is 7.75. The minimum absolute atomic E-state index is 0.229. The van der Waals surface area contributed by atoms with Gasteiger partial charge in [-0.2, -0.15) is 0 Å². The van der Waals surface area contributed by atoms with Gasteiger partial charge in [0.05, 0.1) is 12.9 Å². The number of unbranched alkanes of at least 4 members (excludes halogenated alkanes) is 3. The van der Waals surface area contributed by atoms with Gasteiger partial charge in [0, 0.05) is 5.92 Å². The topological polar surface area (TPSA) is 81.8 Å². The maximum absolute atomic E-state index is 11.4. The Morgan fingerprint density at radius 1 is 1.44 bits per heavy atom. The van der Waals surface area contributed by atoms with Crippen LogP contribution in [0.5, 0.6) is 0 Å². The summed E-state index contributed by atoms with van der Waals surface area (Å²) in [5.74, 6) is 0.279. The number of phosphoric ester groups is 1. The van der Waals surface area contributed by atoms with Gasteiger partial charge in [0.2, 0.25) is 0 Å². The maximum Gasteiger partial charge on any atom is 0.526 e. The Morgan fingerprint density at radius 3 is 2.72 bits per heavy atom. The molecule has 0 amide bonds. The number of hydrogen-bond donors (Lipinski definition) is 2. The second kappa shape index (κ2) is 7.74. The van der Waals surface area contributed by atoms with E-state index in [9.17, 15) is 9.46 Å². The van der Waals surface area contributed by atoms with Crippen LogP contribution < -0.4 is 5.73 Å². The predicted octanol–water partition coefficient (Wildman–Crippen LogP) is 2.73. The molecule has 6 heteroatoms. The quantitative estimate of drug-likeness (QED) is 0.277. The van der Waals surface area contributed by atoms with Crippen LogP contribution in [0.4, 0.5) is 0 Å². The van der Waals surface area contributed by atoms with E-state index in [1.165, 1.54) is 11.8 Å². The summed E-state index contributed by atoms with van der Waals surface area (Å²) in [6, 6.07) is 0. The molecule has 0 aliphatic heterocycles. The maximum atomic E-state index is 11.4. The van der Waals surface area contributed by atoms with Gasteiger partial charge in [0.25, 0.3) is 0 Å². The summed E-state index contributed by atoms with van der Waals surface area (Å²) in [4.78, 5) is 9.34. The first kappa shape index (κ1) is 15.4. The van der Waals surface area contributed by atoms with Crippen molar-refractivity contribution in [1.82, 2.24) is 0 Å². The van der Waals surface area contributed by atoms with Crippen LogP contribution in [-0.4, -0.2) is 18.0 Å². The van der Waals surface area contributed by atoms with Crippen molar-refractivity contribution in [3.8, 4) is 0 Å². The highest BCUT2D eigenvalue weighted by molar-refractivity contribution is 7.47. The zero-order valence-corrected chi connectivity index (χ0v) is 11.6. The van der Waals surface area contributed by atoms with Gasteiger partial charge in [0.15, 0.2) is 0 Å². The number of rotatable bonds is 10. The van der Waals surface area contributed by atoms with E-state index in [4.69, 9.17) is 14.8 Å². The normalized spacial score (nSPS) is 21.7. The second-order valence-electron chi connectivity index (χ2n) is 4.38. The smallest absolute Gasteiger partial charge is 0.412 e. The highest BCUT2D eigenvalue weighted by atomic mass is 31.2. The molecule has 0 fully saturated rings. The fraction of sp³-hybridized carbons (Fsp3) is 0.667. The third kappa shape index (κ3) is 6.97. The van der Waals surface area contributed by atoms with Crippen LogP contribution in [0.15, 0.2) is 24.0 Å². The van der Waals surface area contributed by atoms with Crippen LogP contribution in [0.2, 0.25) is 0 Å². The van der Waals surface area contributed by atoms with Crippen molar-refractivity contribution in [2.24, 2.45) is 11.7 Å². The lowest BCUT2D eigenvalue weighted by atomic mass is 10.2.